The minimum Gasteiger partial charge on any atom is -0.457 e. The molecule has 3 heterocycles. The summed E-state index contributed by atoms with van der Waals surface area (Å²) in [5.41, 5.74) is 7.20. The summed E-state index contributed by atoms with van der Waals surface area (Å²) in [6, 6.07) is 9.43. The number of imidazole rings is 1. The third-order valence-electron chi connectivity index (χ3n) is 5.86. The van der Waals surface area contributed by atoms with Gasteiger partial charge in [-0.15, -0.1) is 0 Å². The Morgan fingerprint density at radius 3 is 2.97 bits per heavy atom. The third kappa shape index (κ3) is 3.44. The van der Waals surface area contributed by atoms with Crippen LogP contribution in [0.5, 0.6) is 0 Å². The Morgan fingerprint density at radius 2 is 2.10 bits per heavy atom. The number of nitrogens with zero attached hydrogens (tertiary/aromatic N) is 2. The molecule has 5 rings (SSSR count). The molecule has 0 saturated heterocycles. The molecule has 4 aromatic rings. The Kier molecular flexibility index (Phi) is 4.71. The Hall–Kier alpha value is -3.65. The number of fused-ring (bicyclic) bond motifs is 2. The second-order valence-corrected chi connectivity index (χ2v) is 7.75. The van der Waals surface area contributed by atoms with E-state index in [0.717, 1.165) is 46.7 Å². The predicted octanol–water partition coefficient (Wildman–Crippen LogP) is 2.83. The summed E-state index contributed by atoms with van der Waals surface area (Å²) in [4.78, 5) is 31.1. The van der Waals surface area contributed by atoms with Crippen LogP contribution in [0, 0.1) is 6.92 Å². The molecular formula is C23H22N4O4. The van der Waals surface area contributed by atoms with Crippen LogP contribution in [-0.4, -0.2) is 27.0 Å². The first-order valence-electron chi connectivity index (χ1n) is 10.1. The van der Waals surface area contributed by atoms with Gasteiger partial charge in [0.2, 0.25) is 0 Å². The van der Waals surface area contributed by atoms with Crippen molar-refractivity contribution in [3.05, 3.63) is 75.0 Å². The van der Waals surface area contributed by atoms with E-state index in [0.29, 0.717) is 24.3 Å². The van der Waals surface area contributed by atoms with E-state index in [1.165, 1.54) is 10.1 Å². The quantitative estimate of drug-likeness (QED) is 0.369. The zero-order valence-corrected chi connectivity index (χ0v) is 17.3. The summed E-state index contributed by atoms with van der Waals surface area (Å²) in [7, 11) is 1.68. The number of aromatic amines is 1. The monoisotopic (exact) mass is 418 g/mol. The topological polar surface area (TPSA) is 102 Å². The number of hydrogen-bond acceptors (Lipinski definition) is 6. The molecule has 1 aliphatic heterocycles. The van der Waals surface area contributed by atoms with Crippen LogP contribution >= 0.6 is 0 Å². The first-order valence-corrected chi connectivity index (χ1v) is 10.1. The van der Waals surface area contributed by atoms with Crippen molar-refractivity contribution in [1.29, 1.82) is 0 Å². The van der Waals surface area contributed by atoms with Crippen molar-refractivity contribution in [2.45, 2.75) is 26.5 Å². The van der Waals surface area contributed by atoms with Gasteiger partial charge in [-0.1, -0.05) is 6.07 Å². The lowest BCUT2D eigenvalue weighted by Crippen LogP contribution is -2.17. The molecule has 0 amide bonds. The smallest absolute Gasteiger partial charge is 0.419 e. The van der Waals surface area contributed by atoms with E-state index in [9.17, 15) is 9.59 Å². The third-order valence-corrected chi connectivity index (χ3v) is 5.86. The summed E-state index contributed by atoms with van der Waals surface area (Å²) in [5.74, 6) is 0.132. The predicted molar refractivity (Wildman–Crippen MR) is 115 cm³/mol. The maximum atomic E-state index is 11.7. The van der Waals surface area contributed by atoms with E-state index in [1.807, 2.05) is 37.4 Å². The Bertz CT molecular complexity index is 1360. The van der Waals surface area contributed by atoms with Crippen LogP contribution in [0.15, 0.2) is 45.7 Å². The van der Waals surface area contributed by atoms with Gasteiger partial charge in [0.15, 0.2) is 5.58 Å². The number of benzene rings is 2. The van der Waals surface area contributed by atoms with Crippen molar-refractivity contribution in [2.24, 2.45) is 7.05 Å². The van der Waals surface area contributed by atoms with Crippen LogP contribution in [0.25, 0.3) is 22.5 Å². The van der Waals surface area contributed by atoms with Crippen LogP contribution in [0.3, 0.4) is 0 Å². The number of rotatable bonds is 6. The van der Waals surface area contributed by atoms with Crippen molar-refractivity contribution in [2.75, 3.05) is 6.54 Å². The summed E-state index contributed by atoms with van der Waals surface area (Å²) < 4.78 is 11.8. The van der Waals surface area contributed by atoms with Crippen molar-refractivity contribution >= 4 is 17.1 Å². The number of carbonyl (C=O) groups excluding carboxylic acids is 1. The highest BCUT2D eigenvalue weighted by Gasteiger charge is 2.23. The molecule has 158 valence electrons. The molecule has 31 heavy (non-hydrogen) atoms. The van der Waals surface area contributed by atoms with Crippen LogP contribution in [0.1, 0.15) is 32.7 Å². The number of cyclic esters (lactones) is 1. The Labute approximate surface area is 177 Å². The molecular weight excluding hydrogens is 396 g/mol. The van der Waals surface area contributed by atoms with E-state index < -0.39 is 0 Å². The highest BCUT2D eigenvalue weighted by atomic mass is 16.5. The minimum absolute atomic E-state index is 0.230. The van der Waals surface area contributed by atoms with Gasteiger partial charge >= 0.3 is 11.7 Å². The van der Waals surface area contributed by atoms with Crippen molar-refractivity contribution in [3.63, 3.8) is 0 Å². The number of nitrogens with one attached hydrogen (secondary N) is 2. The molecule has 0 unspecified atom stereocenters. The van der Waals surface area contributed by atoms with Crippen LogP contribution in [0.2, 0.25) is 0 Å². The number of aryl methyl sites for hydroxylation is 1. The molecule has 1 aliphatic rings. The summed E-state index contributed by atoms with van der Waals surface area (Å²) >= 11 is 0. The fraction of sp³-hybridized carbons (Fsp3) is 0.261. The summed E-state index contributed by atoms with van der Waals surface area (Å²) in [5, 5.41) is 3.43. The van der Waals surface area contributed by atoms with Gasteiger partial charge in [-0.3, -0.25) is 4.57 Å². The molecule has 0 spiro atoms. The van der Waals surface area contributed by atoms with E-state index in [4.69, 9.17) is 9.15 Å². The Balaban J connectivity index is 1.22. The molecule has 8 heteroatoms. The molecule has 0 bridgehead atoms. The molecule has 0 fully saturated rings. The average molecular weight is 418 g/mol. The molecule has 0 radical (unpaired) electrons. The lowest BCUT2D eigenvalue weighted by molar-refractivity contribution is 0.0535. The normalized spacial score (nSPS) is 13.0. The minimum atomic E-state index is -0.380. The second-order valence-electron chi connectivity index (χ2n) is 7.75. The van der Waals surface area contributed by atoms with E-state index >= 15 is 0 Å². The summed E-state index contributed by atoms with van der Waals surface area (Å²) in [6.45, 7) is 3.87. The Morgan fingerprint density at radius 1 is 1.23 bits per heavy atom. The highest BCUT2D eigenvalue weighted by molar-refractivity contribution is 5.93. The van der Waals surface area contributed by atoms with Crippen molar-refractivity contribution in [3.8, 4) is 11.4 Å². The number of H-pyrrole nitrogens is 1. The van der Waals surface area contributed by atoms with Gasteiger partial charge in [-0.25, -0.2) is 14.6 Å². The van der Waals surface area contributed by atoms with Crippen molar-refractivity contribution < 1.29 is 13.9 Å². The molecule has 0 aliphatic carbocycles. The zero-order valence-electron chi connectivity index (χ0n) is 17.3. The van der Waals surface area contributed by atoms with Gasteiger partial charge in [0.05, 0.1) is 11.1 Å². The number of esters is 1. The summed E-state index contributed by atoms with van der Waals surface area (Å²) in [6.07, 6.45) is 2.67. The molecule has 0 atom stereocenters. The largest absolute Gasteiger partial charge is 0.457 e. The van der Waals surface area contributed by atoms with Gasteiger partial charge in [0.25, 0.3) is 0 Å². The molecule has 2 N–H and O–H groups in total. The fourth-order valence-electron chi connectivity index (χ4n) is 3.98. The van der Waals surface area contributed by atoms with Crippen LogP contribution < -0.4 is 11.1 Å². The number of oxazole rings is 1. The van der Waals surface area contributed by atoms with Crippen LogP contribution in [-0.2, 0) is 31.4 Å². The van der Waals surface area contributed by atoms with Gasteiger partial charge in [-0.2, -0.15) is 0 Å². The van der Waals surface area contributed by atoms with Gasteiger partial charge in [0.1, 0.15) is 12.4 Å². The lowest BCUT2D eigenvalue weighted by Gasteiger charge is -2.09. The first kappa shape index (κ1) is 19.3. The second kappa shape index (κ2) is 7.55. The maximum Gasteiger partial charge on any atom is 0.419 e. The lowest BCUT2D eigenvalue weighted by atomic mass is 9.97. The molecule has 8 nitrogen and oxygen atoms in total. The average Bonchev–Trinajstić information content (AvgIpc) is 3.46. The molecule has 2 aromatic heterocycles. The van der Waals surface area contributed by atoms with Gasteiger partial charge in [0, 0.05) is 36.6 Å². The number of ether oxygens (including phenoxy) is 1. The van der Waals surface area contributed by atoms with E-state index in [1.54, 1.807) is 13.1 Å². The maximum absolute atomic E-state index is 11.7. The standard InChI is InChI=1S/C23H22N4O4/c1-13-14(3-5-17-18(13)12-30-22(17)28)7-8-24-10-16-11-25-21(26-16)15-4-6-20-19(9-15)27(2)23(29)31-20/h3-6,9,11,24H,7-8,10,12H2,1-2H3,(H,25,26). The fourth-order valence-corrected chi connectivity index (χ4v) is 3.98. The number of aromatic nitrogens is 3. The van der Waals surface area contributed by atoms with Crippen LogP contribution in [0.4, 0.5) is 0 Å². The van der Waals surface area contributed by atoms with Gasteiger partial charge in [-0.05, 0) is 55.3 Å². The number of carbonyl (C=O) groups is 1. The number of hydrogen-bond donors (Lipinski definition) is 2. The highest BCUT2D eigenvalue weighted by Crippen LogP contribution is 2.26. The molecule has 0 saturated carbocycles. The van der Waals surface area contributed by atoms with E-state index in [2.05, 4.69) is 15.3 Å². The SMILES string of the molecule is Cc1c(CCNCc2cnc(-c3ccc4oc(=O)n(C)c4c3)[nH]2)ccc2c1COC2=O. The van der Waals surface area contributed by atoms with Gasteiger partial charge < -0.3 is 19.5 Å². The van der Waals surface area contributed by atoms with Crippen molar-refractivity contribution in [1.82, 2.24) is 19.9 Å². The van der Waals surface area contributed by atoms with E-state index in [-0.39, 0.29) is 11.7 Å². The molecule has 2 aromatic carbocycles. The first-order chi connectivity index (χ1) is 15.0. The zero-order chi connectivity index (χ0) is 21.5.